The Morgan fingerprint density at radius 2 is 2.00 bits per heavy atom. The molecule has 2 aromatic carbocycles. The molecule has 0 spiro atoms. The molecule has 0 unspecified atom stereocenters. The molecular formula is C14H9BrFNO. The van der Waals surface area contributed by atoms with Gasteiger partial charge in [-0.3, -0.25) is 0 Å². The van der Waals surface area contributed by atoms with Crippen molar-refractivity contribution >= 4 is 15.9 Å². The minimum Gasteiger partial charge on any atom is -0.488 e. The molecule has 90 valence electrons. The van der Waals surface area contributed by atoms with Crippen LogP contribution >= 0.6 is 15.9 Å². The van der Waals surface area contributed by atoms with E-state index in [1.54, 1.807) is 6.07 Å². The molecule has 0 fully saturated rings. The first-order valence-corrected chi connectivity index (χ1v) is 6.06. The Hall–Kier alpha value is -1.86. The van der Waals surface area contributed by atoms with E-state index >= 15 is 0 Å². The maximum absolute atomic E-state index is 13.5. The number of rotatable bonds is 3. The summed E-state index contributed by atoms with van der Waals surface area (Å²) in [4.78, 5) is 0. The molecule has 0 aromatic heterocycles. The summed E-state index contributed by atoms with van der Waals surface area (Å²) in [6.07, 6.45) is 0. The second kappa shape index (κ2) is 5.65. The third kappa shape index (κ3) is 2.88. The van der Waals surface area contributed by atoms with Crippen molar-refractivity contribution in [3.05, 3.63) is 63.9 Å². The average molecular weight is 306 g/mol. The van der Waals surface area contributed by atoms with Crippen LogP contribution in [0.3, 0.4) is 0 Å². The summed E-state index contributed by atoms with van der Waals surface area (Å²) >= 11 is 3.35. The molecule has 0 heterocycles. The van der Waals surface area contributed by atoms with Gasteiger partial charge in [0.15, 0.2) is 0 Å². The minimum absolute atomic E-state index is 0.0873. The van der Waals surface area contributed by atoms with Gasteiger partial charge in [-0.2, -0.15) is 5.26 Å². The number of halogens is 2. The van der Waals surface area contributed by atoms with Crippen LogP contribution < -0.4 is 4.74 Å². The number of hydrogen-bond acceptors (Lipinski definition) is 2. The maximum atomic E-state index is 13.5. The van der Waals surface area contributed by atoms with Gasteiger partial charge in [-0.15, -0.1) is 0 Å². The quantitative estimate of drug-likeness (QED) is 0.857. The van der Waals surface area contributed by atoms with Crippen molar-refractivity contribution in [3.63, 3.8) is 0 Å². The number of benzene rings is 2. The zero-order chi connectivity index (χ0) is 13.0. The number of para-hydroxylation sites is 1. The van der Waals surface area contributed by atoms with Crippen molar-refractivity contribution < 1.29 is 9.13 Å². The van der Waals surface area contributed by atoms with E-state index in [1.807, 2.05) is 24.3 Å². The van der Waals surface area contributed by atoms with Gasteiger partial charge in [0.05, 0.1) is 16.1 Å². The van der Waals surface area contributed by atoms with E-state index in [1.165, 1.54) is 18.2 Å². The van der Waals surface area contributed by atoms with E-state index in [-0.39, 0.29) is 12.4 Å². The molecule has 0 aliphatic carbocycles. The van der Waals surface area contributed by atoms with Crippen LogP contribution in [-0.4, -0.2) is 0 Å². The van der Waals surface area contributed by atoms with E-state index in [4.69, 9.17) is 10.00 Å². The Balaban J connectivity index is 2.16. The van der Waals surface area contributed by atoms with Crippen LogP contribution in [0.5, 0.6) is 5.75 Å². The van der Waals surface area contributed by atoms with Crippen LogP contribution in [0.2, 0.25) is 0 Å². The Morgan fingerprint density at radius 1 is 1.22 bits per heavy atom. The SMILES string of the molecule is N#Cc1ccc(F)c(COc2ccccc2Br)c1. The van der Waals surface area contributed by atoms with Gasteiger partial charge in [0.2, 0.25) is 0 Å². The molecule has 2 aromatic rings. The van der Waals surface area contributed by atoms with Crippen molar-refractivity contribution in [3.8, 4) is 11.8 Å². The van der Waals surface area contributed by atoms with Crippen LogP contribution in [0, 0.1) is 17.1 Å². The predicted molar refractivity (Wildman–Crippen MR) is 69.6 cm³/mol. The lowest BCUT2D eigenvalue weighted by molar-refractivity contribution is 0.298. The molecule has 18 heavy (non-hydrogen) atoms. The molecule has 0 bridgehead atoms. The Labute approximate surface area is 113 Å². The van der Waals surface area contributed by atoms with E-state index in [2.05, 4.69) is 15.9 Å². The largest absolute Gasteiger partial charge is 0.488 e. The molecule has 0 aliphatic heterocycles. The molecule has 0 saturated carbocycles. The molecule has 0 aliphatic rings. The minimum atomic E-state index is -0.374. The average Bonchev–Trinajstić information content (AvgIpc) is 2.39. The zero-order valence-corrected chi connectivity index (χ0v) is 10.9. The Kier molecular flexibility index (Phi) is 3.96. The second-order valence-corrected chi connectivity index (χ2v) is 4.49. The van der Waals surface area contributed by atoms with Crippen LogP contribution in [0.15, 0.2) is 46.9 Å². The third-order valence-electron chi connectivity index (χ3n) is 2.39. The molecular weight excluding hydrogens is 297 g/mol. The van der Waals surface area contributed by atoms with Crippen molar-refractivity contribution in [2.45, 2.75) is 6.61 Å². The van der Waals surface area contributed by atoms with E-state index < -0.39 is 0 Å². The lowest BCUT2D eigenvalue weighted by atomic mass is 10.1. The summed E-state index contributed by atoms with van der Waals surface area (Å²) < 4.78 is 19.8. The van der Waals surface area contributed by atoms with Gasteiger partial charge >= 0.3 is 0 Å². The summed E-state index contributed by atoms with van der Waals surface area (Å²) in [5.74, 6) is 0.264. The van der Waals surface area contributed by atoms with E-state index in [9.17, 15) is 4.39 Å². The number of nitrogens with zero attached hydrogens (tertiary/aromatic N) is 1. The van der Waals surface area contributed by atoms with E-state index in [0.717, 1.165) is 4.47 Å². The standard InChI is InChI=1S/C14H9BrFNO/c15-12-3-1-2-4-14(12)18-9-11-7-10(8-17)5-6-13(11)16/h1-7H,9H2. The summed E-state index contributed by atoms with van der Waals surface area (Å²) in [6, 6.07) is 13.5. The maximum Gasteiger partial charge on any atom is 0.133 e. The van der Waals surface area contributed by atoms with Gasteiger partial charge < -0.3 is 4.74 Å². The fourth-order valence-corrected chi connectivity index (χ4v) is 1.87. The van der Waals surface area contributed by atoms with Crippen LogP contribution in [0.4, 0.5) is 4.39 Å². The Morgan fingerprint density at radius 3 is 2.72 bits per heavy atom. The third-order valence-corrected chi connectivity index (χ3v) is 3.05. The lowest BCUT2D eigenvalue weighted by Crippen LogP contribution is -1.99. The highest BCUT2D eigenvalue weighted by Crippen LogP contribution is 2.25. The highest BCUT2D eigenvalue weighted by atomic mass is 79.9. The van der Waals surface area contributed by atoms with Gasteiger partial charge in [0.25, 0.3) is 0 Å². The smallest absolute Gasteiger partial charge is 0.133 e. The second-order valence-electron chi connectivity index (χ2n) is 3.64. The van der Waals surface area contributed by atoms with Crippen LogP contribution in [0.25, 0.3) is 0 Å². The van der Waals surface area contributed by atoms with Crippen molar-refractivity contribution in [2.24, 2.45) is 0 Å². The van der Waals surface area contributed by atoms with E-state index in [0.29, 0.717) is 16.9 Å². The summed E-state index contributed by atoms with van der Waals surface area (Å²) in [7, 11) is 0. The fraction of sp³-hybridized carbons (Fsp3) is 0.0714. The molecule has 4 heteroatoms. The Bertz CT molecular complexity index is 607. The molecule has 0 amide bonds. The molecule has 0 radical (unpaired) electrons. The molecule has 0 N–H and O–H groups in total. The fourth-order valence-electron chi connectivity index (χ4n) is 1.47. The van der Waals surface area contributed by atoms with Crippen molar-refractivity contribution in [1.29, 1.82) is 5.26 Å². The topological polar surface area (TPSA) is 33.0 Å². The van der Waals surface area contributed by atoms with Crippen LogP contribution in [-0.2, 0) is 6.61 Å². The summed E-state index contributed by atoms with van der Waals surface area (Å²) in [6.45, 7) is 0.0873. The first-order chi connectivity index (χ1) is 8.70. The van der Waals surface area contributed by atoms with Crippen molar-refractivity contribution in [1.82, 2.24) is 0 Å². The van der Waals surface area contributed by atoms with Gasteiger partial charge in [0, 0.05) is 5.56 Å². The van der Waals surface area contributed by atoms with Crippen LogP contribution in [0.1, 0.15) is 11.1 Å². The normalized spacial score (nSPS) is 9.83. The lowest BCUT2D eigenvalue weighted by Gasteiger charge is -2.08. The van der Waals surface area contributed by atoms with Crippen molar-refractivity contribution in [2.75, 3.05) is 0 Å². The zero-order valence-electron chi connectivity index (χ0n) is 9.36. The highest BCUT2D eigenvalue weighted by Gasteiger charge is 2.06. The molecule has 0 atom stereocenters. The highest BCUT2D eigenvalue weighted by molar-refractivity contribution is 9.10. The number of nitriles is 1. The first-order valence-electron chi connectivity index (χ1n) is 5.26. The van der Waals surface area contributed by atoms with Gasteiger partial charge in [-0.1, -0.05) is 12.1 Å². The molecule has 2 nitrogen and oxygen atoms in total. The molecule has 2 rings (SSSR count). The van der Waals surface area contributed by atoms with Gasteiger partial charge in [0.1, 0.15) is 18.2 Å². The monoisotopic (exact) mass is 305 g/mol. The summed E-state index contributed by atoms with van der Waals surface area (Å²) in [5.41, 5.74) is 0.784. The first kappa shape index (κ1) is 12.6. The predicted octanol–water partition coefficient (Wildman–Crippen LogP) is 4.04. The summed E-state index contributed by atoms with van der Waals surface area (Å²) in [5, 5.41) is 8.76. The van der Waals surface area contributed by atoms with Gasteiger partial charge in [-0.05, 0) is 46.3 Å². The number of hydrogen-bond donors (Lipinski definition) is 0. The number of ether oxygens (including phenoxy) is 1. The van der Waals surface area contributed by atoms with Gasteiger partial charge in [-0.25, -0.2) is 4.39 Å². The molecule has 0 saturated heterocycles.